The van der Waals surface area contributed by atoms with E-state index < -0.39 is 0 Å². The van der Waals surface area contributed by atoms with Gasteiger partial charge in [-0.2, -0.15) is 0 Å². The number of guanidine groups is 1. The third kappa shape index (κ3) is 3.66. The smallest absolute Gasteiger partial charge is 0.193 e. The maximum absolute atomic E-state index is 6.00. The van der Waals surface area contributed by atoms with Crippen LogP contribution in [0, 0.1) is 0 Å². The summed E-state index contributed by atoms with van der Waals surface area (Å²) in [6.07, 6.45) is 2.80. The summed E-state index contributed by atoms with van der Waals surface area (Å²) in [7, 11) is 0. The Morgan fingerprint density at radius 1 is 1.13 bits per heavy atom. The number of hydrogen-bond acceptors (Lipinski definition) is 2. The van der Waals surface area contributed by atoms with Gasteiger partial charge in [-0.1, -0.05) is 43.3 Å². The monoisotopic (exact) mass is 304 g/mol. The second kappa shape index (κ2) is 6.92. The van der Waals surface area contributed by atoms with Crippen molar-refractivity contribution >= 4 is 22.4 Å². The first-order valence-electron chi connectivity index (χ1n) is 7.75. The van der Waals surface area contributed by atoms with Crippen molar-refractivity contribution in [2.45, 2.75) is 19.9 Å². The van der Waals surface area contributed by atoms with Crippen molar-refractivity contribution in [2.75, 3.05) is 5.32 Å². The van der Waals surface area contributed by atoms with Crippen LogP contribution in [-0.2, 0) is 13.0 Å². The van der Waals surface area contributed by atoms with E-state index in [0.717, 1.165) is 28.6 Å². The number of nitrogens with zero attached hydrogens (tertiary/aromatic N) is 2. The Morgan fingerprint density at radius 2 is 2.00 bits per heavy atom. The van der Waals surface area contributed by atoms with E-state index in [1.54, 1.807) is 0 Å². The second-order valence-corrected chi connectivity index (χ2v) is 5.36. The molecule has 4 nitrogen and oxygen atoms in total. The molecule has 2 aromatic carbocycles. The Morgan fingerprint density at radius 3 is 2.87 bits per heavy atom. The summed E-state index contributed by atoms with van der Waals surface area (Å²) >= 11 is 0. The van der Waals surface area contributed by atoms with E-state index in [0.29, 0.717) is 12.5 Å². The Labute approximate surface area is 136 Å². The van der Waals surface area contributed by atoms with E-state index in [1.165, 1.54) is 5.56 Å². The van der Waals surface area contributed by atoms with Crippen LogP contribution >= 0.6 is 0 Å². The zero-order valence-corrected chi connectivity index (χ0v) is 13.2. The van der Waals surface area contributed by atoms with Gasteiger partial charge < -0.3 is 11.1 Å². The van der Waals surface area contributed by atoms with Crippen LogP contribution in [0.5, 0.6) is 0 Å². The second-order valence-electron chi connectivity index (χ2n) is 5.36. The van der Waals surface area contributed by atoms with Crippen LogP contribution < -0.4 is 11.1 Å². The zero-order chi connectivity index (χ0) is 16.1. The van der Waals surface area contributed by atoms with Gasteiger partial charge in [0.25, 0.3) is 0 Å². The van der Waals surface area contributed by atoms with Gasteiger partial charge in [-0.05, 0) is 35.6 Å². The van der Waals surface area contributed by atoms with Crippen molar-refractivity contribution in [3.63, 3.8) is 0 Å². The van der Waals surface area contributed by atoms with Gasteiger partial charge in [-0.3, -0.25) is 4.98 Å². The normalized spacial score (nSPS) is 11.6. The largest absolute Gasteiger partial charge is 0.370 e. The van der Waals surface area contributed by atoms with Gasteiger partial charge in [0.05, 0.1) is 12.2 Å². The number of rotatable bonds is 4. The predicted octanol–water partition coefficient (Wildman–Crippen LogP) is 3.72. The molecule has 0 aliphatic heterocycles. The zero-order valence-electron chi connectivity index (χ0n) is 13.2. The number of aliphatic imine (C=N–C) groups is 1. The molecule has 3 aromatic rings. The van der Waals surface area contributed by atoms with E-state index in [4.69, 9.17) is 5.73 Å². The highest BCUT2D eigenvalue weighted by molar-refractivity contribution is 5.92. The van der Waals surface area contributed by atoms with Crippen molar-refractivity contribution in [3.05, 3.63) is 72.1 Å². The van der Waals surface area contributed by atoms with Gasteiger partial charge in [0, 0.05) is 17.3 Å². The molecule has 116 valence electrons. The maximum atomic E-state index is 6.00. The lowest BCUT2D eigenvalue weighted by molar-refractivity contribution is 1.00. The van der Waals surface area contributed by atoms with E-state index in [9.17, 15) is 0 Å². The number of benzene rings is 2. The molecule has 23 heavy (non-hydrogen) atoms. The van der Waals surface area contributed by atoms with Crippen molar-refractivity contribution in [2.24, 2.45) is 10.7 Å². The highest BCUT2D eigenvalue weighted by Crippen LogP contribution is 2.17. The van der Waals surface area contributed by atoms with Crippen molar-refractivity contribution in [1.29, 1.82) is 0 Å². The minimum atomic E-state index is 0.396. The van der Waals surface area contributed by atoms with E-state index in [1.807, 2.05) is 36.5 Å². The van der Waals surface area contributed by atoms with E-state index in [-0.39, 0.29) is 0 Å². The van der Waals surface area contributed by atoms with Gasteiger partial charge in [0.1, 0.15) is 0 Å². The predicted molar refractivity (Wildman–Crippen MR) is 96.5 cm³/mol. The van der Waals surface area contributed by atoms with Crippen LogP contribution in [0.3, 0.4) is 0 Å². The Balaban J connectivity index is 1.76. The van der Waals surface area contributed by atoms with E-state index >= 15 is 0 Å². The van der Waals surface area contributed by atoms with E-state index in [2.05, 4.69) is 46.5 Å². The van der Waals surface area contributed by atoms with Crippen LogP contribution in [-0.4, -0.2) is 10.9 Å². The number of fused-ring (bicyclic) bond motifs is 1. The average molecular weight is 304 g/mol. The molecule has 0 atom stereocenters. The van der Waals surface area contributed by atoms with Crippen LogP contribution in [0.2, 0.25) is 0 Å². The minimum absolute atomic E-state index is 0.396. The van der Waals surface area contributed by atoms with Crippen LogP contribution in [0.4, 0.5) is 5.69 Å². The molecule has 1 aromatic heterocycles. The van der Waals surface area contributed by atoms with Crippen molar-refractivity contribution in [1.82, 2.24) is 4.98 Å². The summed E-state index contributed by atoms with van der Waals surface area (Å²) in [6.45, 7) is 2.58. The molecule has 3 N–H and O–H groups in total. The molecule has 1 heterocycles. The highest BCUT2D eigenvalue weighted by Gasteiger charge is 2.02. The maximum Gasteiger partial charge on any atom is 0.193 e. The molecule has 0 amide bonds. The Kier molecular flexibility index (Phi) is 4.52. The molecule has 0 fully saturated rings. The van der Waals surface area contributed by atoms with Crippen LogP contribution in [0.1, 0.15) is 18.2 Å². The quantitative estimate of drug-likeness (QED) is 0.570. The van der Waals surface area contributed by atoms with Crippen LogP contribution in [0.15, 0.2) is 65.8 Å². The molecule has 4 heteroatoms. The van der Waals surface area contributed by atoms with Crippen LogP contribution in [0.25, 0.3) is 10.8 Å². The fourth-order valence-corrected chi connectivity index (χ4v) is 2.52. The topological polar surface area (TPSA) is 63.3 Å². The molecule has 0 unspecified atom stereocenters. The molecule has 0 radical (unpaired) electrons. The van der Waals surface area contributed by atoms with Gasteiger partial charge in [-0.15, -0.1) is 0 Å². The molecule has 0 saturated heterocycles. The first-order chi connectivity index (χ1) is 11.3. The summed E-state index contributed by atoms with van der Waals surface area (Å²) in [6, 6.07) is 18.3. The molecule has 0 bridgehead atoms. The number of aromatic nitrogens is 1. The fourth-order valence-electron chi connectivity index (χ4n) is 2.52. The minimum Gasteiger partial charge on any atom is -0.370 e. The Hall–Kier alpha value is -2.88. The third-order valence-electron chi connectivity index (χ3n) is 3.76. The number of aryl methyl sites for hydroxylation is 1. The molecule has 3 rings (SSSR count). The number of hydrogen-bond donors (Lipinski definition) is 2. The SMILES string of the molecule is CCc1cccc(NC(N)=NCc2nccc3ccccc23)c1. The molecular weight excluding hydrogens is 284 g/mol. The fraction of sp³-hybridized carbons (Fsp3) is 0.158. The number of anilines is 1. The summed E-state index contributed by atoms with van der Waals surface area (Å²) in [5.74, 6) is 0.396. The summed E-state index contributed by atoms with van der Waals surface area (Å²) in [5, 5.41) is 5.41. The lowest BCUT2D eigenvalue weighted by Crippen LogP contribution is -2.22. The summed E-state index contributed by atoms with van der Waals surface area (Å²) in [5.41, 5.74) is 9.14. The standard InChI is InChI=1S/C19H20N4/c1-2-14-6-5-8-16(12-14)23-19(20)22-13-18-17-9-4-3-7-15(17)10-11-21-18/h3-12H,2,13H2,1H3,(H3,20,22,23). The highest BCUT2D eigenvalue weighted by atomic mass is 15.1. The molecule has 0 saturated carbocycles. The van der Waals surface area contributed by atoms with Gasteiger partial charge in [0.15, 0.2) is 5.96 Å². The van der Waals surface area contributed by atoms with Gasteiger partial charge in [0.2, 0.25) is 0 Å². The average Bonchev–Trinajstić information content (AvgIpc) is 2.60. The molecule has 0 aliphatic carbocycles. The van der Waals surface area contributed by atoms with Gasteiger partial charge >= 0.3 is 0 Å². The first-order valence-corrected chi connectivity index (χ1v) is 7.75. The first kappa shape index (κ1) is 15.0. The molecule has 0 spiro atoms. The third-order valence-corrected chi connectivity index (χ3v) is 3.76. The van der Waals surface area contributed by atoms with Gasteiger partial charge in [-0.25, -0.2) is 4.99 Å². The number of pyridine rings is 1. The number of nitrogens with two attached hydrogens (primary N) is 1. The molecule has 0 aliphatic rings. The number of nitrogens with one attached hydrogen (secondary N) is 1. The summed E-state index contributed by atoms with van der Waals surface area (Å²) < 4.78 is 0. The van der Waals surface area contributed by atoms with Crippen molar-refractivity contribution < 1.29 is 0 Å². The van der Waals surface area contributed by atoms with Crippen molar-refractivity contribution in [3.8, 4) is 0 Å². The lowest BCUT2D eigenvalue weighted by atomic mass is 10.1. The molecular formula is C19H20N4. The lowest BCUT2D eigenvalue weighted by Gasteiger charge is -2.08. The Bertz CT molecular complexity index is 834. The summed E-state index contributed by atoms with van der Waals surface area (Å²) in [4.78, 5) is 8.84.